The quantitative estimate of drug-likeness (QED) is 0.568. The standard InChI is InChI=1S/C12H14S.C3H8.C2H6/c1-3-4-10-12(13-2)11-8-6-5-7-9-11;1-3-2;1-2/h3-10H,1-2H3;3H2,1-2H3;1-2H3/b4-3+,12-10-;;. The molecular formula is C17H28S. The van der Waals surface area contributed by atoms with Gasteiger partial charge in [0.1, 0.15) is 0 Å². The SMILES string of the molecule is C/C=C/C=C(\SC)c1ccccc1.CC.CCC. The van der Waals surface area contributed by atoms with Crippen molar-refractivity contribution < 1.29 is 0 Å². The Morgan fingerprint density at radius 1 is 1.11 bits per heavy atom. The molecule has 0 amide bonds. The van der Waals surface area contributed by atoms with Crippen molar-refractivity contribution in [1.82, 2.24) is 0 Å². The third-order valence-electron chi connectivity index (χ3n) is 1.72. The third-order valence-corrected chi connectivity index (χ3v) is 2.53. The molecule has 0 saturated carbocycles. The van der Waals surface area contributed by atoms with E-state index in [9.17, 15) is 0 Å². The molecule has 0 aliphatic rings. The number of thioether (sulfide) groups is 1. The summed E-state index contributed by atoms with van der Waals surface area (Å²) in [6.07, 6.45) is 9.60. The van der Waals surface area contributed by atoms with Crippen LogP contribution in [0.4, 0.5) is 0 Å². The molecule has 0 saturated heterocycles. The molecule has 1 heteroatoms. The van der Waals surface area contributed by atoms with E-state index in [0.717, 1.165) is 0 Å². The van der Waals surface area contributed by atoms with Crippen molar-refractivity contribution in [1.29, 1.82) is 0 Å². The lowest BCUT2D eigenvalue weighted by Crippen LogP contribution is -1.76. The lowest BCUT2D eigenvalue weighted by molar-refractivity contribution is 1.09. The third kappa shape index (κ3) is 10.2. The van der Waals surface area contributed by atoms with Crippen LogP contribution in [-0.2, 0) is 0 Å². The Balaban J connectivity index is 0. The van der Waals surface area contributed by atoms with Gasteiger partial charge in [0.2, 0.25) is 0 Å². The van der Waals surface area contributed by atoms with Crippen molar-refractivity contribution in [2.45, 2.75) is 41.0 Å². The van der Waals surface area contributed by atoms with E-state index in [1.165, 1.54) is 16.9 Å². The molecule has 0 fully saturated rings. The summed E-state index contributed by atoms with van der Waals surface area (Å²) in [7, 11) is 0. The van der Waals surface area contributed by atoms with E-state index in [4.69, 9.17) is 0 Å². The maximum absolute atomic E-state index is 2.14. The van der Waals surface area contributed by atoms with Crippen molar-refractivity contribution >= 4 is 16.7 Å². The van der Waals surface area contributed by atoms with Gasteiger partial charge in [-0.3, -0.25) is 0 Å². The zero-order chi connectivity index (χ0) is 14.2. The van der Waals surface area contributed by atoms with Crippen LogP contribution in [0.1, 0.15) is 46.6 Å². The Morgan fingerprint density at radius 2 is 1.61 bits per heavy atom. The molecule has 18 heavy (non-hydrogen) atoms. The minimum absolute atomic E-state index is 1.25. The minimum Gasteiger partial charge on any atom is -0.129 e. The van der Waals surface area contributed by atoms with E-state index >= 15 is 0 Å². The lowest BCUT2D eigenvalue weighted by atomic mass is 10.2. The van der Waals surface area contributed by atoms with Crippen LogP contribution in [0, 0.1) is 0 Å². The second-order valence-corrected chi connectivity index (χ2v) is 4.18. The van der Waals surface area contributed by atoms with Crippen molar-refractivity contribution in [3.63, 3.8) is 0 Å². The Morgan fingerprint density at radius 3 is 2.00 bits per heavy atom. The molecule has 0 heterocycles. The topological polar surface area (TPSA) is 0 Å². The number of rotatable bonds is 3. The summed E-state index contributed by atoms with van der Waals surface area (Å²) in [5, 5.41) is 0. The molecule has 0 radical (unpaired) electrons. The average molecular weight is 264 g/mol. The lowest BCUT2D eigenvalue weighted by Gasteiger charge is -2.01. The van der Waals surface area contributed by atoms with Crippen molar-refractivity contribution in [2.75, 3.05) is 6.26 Å². The summed E-state index contributed by atoms with van der Waals surface area (Å²) < 4.78 is 0. The normalized spacial score (nSPS) is 10.2. The summed E-state index contributed by atoms with van der Waals surface area (Å²) in [5.74, 6) is 0. The van der Waals surface area contributed by atoms with E-state index in [1.54, 1.807) is 11.8 Å². The molecule has 0 aromatic heterocycles. The maximum Gasteiger partial charge on any atom is 0.0141 e. The molecule has 0 N–H and O–H groups in total. The van der Waals surface area contributed by atoms with Crippen LogP contribution >= 0.6 is 11.8 Å². The highest BCUT2D eigenvalue weighted by atomic mass is 32.2. The molecule has 0 spiro atoms. The highest BCUT2D eigenvalue weighted by Gasteiger charge is 1.95. The minimum atomic E-state index is 1.25. The summed E-state index contributed by atoms with van der Waals surface area (Å²) in [4.78, 5) is 1.30. The fraction of sp³-hybridized carbons (Fsp3) is 0.412. The van der Waals surface area contributed by atoms with Crippen molar-refractivity contribution in [3.8, 4) is 0 Å². The van der Waals surface area contributed by atoms with Gasteiger partial charge in [0.15, 0.2) is 0 Å². The molecule has 0 bridgehead atoms. The zero-order valence-corrected chi connectivity index (χ0v) is 13.6. The predicted molar refractivity (Wildman–Crippen MR) is 90.1 cm³/mol. The van der Waals surface area contributed by atoms with Gasteiger partial charge >= 0.3 is 0 Å². The van der Waals surface area contributed by atoms with E-state index < -0.39 is 0 Å². The smallest absolute Gasteiger partial charge is 0.0141 e. The van der Waals surface area contributed by atoms with Crippen molar-refractivity contribution in [2.24, 2.45) is 0 Å². The monoisotopic (exact) mass is 264 g/mol. The Labute approximate surface area is 118 Å². The first-order valence-corrected chi connectivity index (χ1v) is 7.94. The first-order chi connectivity index (χ1) is 8.79. The second kappa shape index (κ2) is 16.1. The van der Waals surface area contributed by atoms with Gasteiger partial charge in [-0.1, -0.05) is 76.6 Å². The largest absolute Gasteiger partial charge is 0.129 e. The second-order valence-electron chi connectivity index (χ2n) is 3.33. The van der Waals surface area contributed by atoms with Gasteiger partial charge < -0.3 is 0 Å². The van der Waals surface area contributed by atoms with E-state index in [1.807, 2.05) is 32.9 Å². The number of hydrogen-bond donors (Lipinski definition) is 0. The van der Waals surface area contributed by atoms with Crippen LogP contribution in [0.25, 0.3) is 4.91 Å². The predicted octanol–water partition coefficient (Wildman–Crippen LogP) is 6.41. The van der Waals surface area contributed by atoms with Gasteiger partial charge in [-0.25, -0.2) is 0 Å². The molecule has 1 aromatic carbocycles. The summed E-state index contributed by atoms with van der Waals surface area (Å²) in [5.41, 5.74) is 1.29. The highest BCUT2D eigenvalue weighted by Crippen LogP contribution is 2.24. The molecule has 1 rings (SSSR count). The average Bonchev–Trinajstić information content (AvgIpc) is 2.44. The van der Waals surface area contributed by atoms with Gasteiger partial charge in [0, 0.05) is 4.91 Å². The fourth-order valence-electron chi connectivity index (χ4n) is 1.07. The highest BCUT2D eigenvalue weighted by molar-refractivity contribution is 8.07. The Bertz CT molecular complexity index is 310. The number of allylic oxidation sites excluding steroid dienone is 3. The van der Waals surface area contributed by atoms with Crippen LogP contribution in [0.2, 0.25) is 0 Å². The molecule has 0 atom stereocenters. The van der Waals surface area contributed by atoms with Crippen LogP contribution in [-0.4, -0.2) is 6.26 Å². The van der Waals surface area contributed by atoms with E-state index in [2.05, 4.69) is 56.5 Å². The van der Waals surface area contributed by atoms with E-state index in [-0.39, 0.29) is 0 Å². The van der Waals surface area contributed by atoms with Crippen LogP contribution < -0.4 is 0 Å². The maximum atomic E-state index is 2.14. The number of benzene rings is 1. The summed E-state index contributed by atoms with van der Waals surface area (Å²) in [6.45, 7) is 10.3. The van der Waals surface area contributed by atoms with Crippen molar-refractivity contribution in [3.05, 3.63) is 54.1 Å². The van der Waals surface area contributed by atoms with Crippen LogP contribution in [0.3, 0.4) is 0 Å². The first kappa shape index (κ1) is 19.4. The molecule has 102 valence electrons. The fourth-order valence-corrected chi connectivity index (χ4v) is 1.65. The van der Waals surface area contributed by atoms with Gasteiger partial charge in [-0.05, 0) is 24.8 Å². The zero-order valence-electron chi connectivity index (χ0n) is 12.7. The van der Waals surface area contributed by atoms with Crippen LogP contribution in [0.15, 0.2) is 48.6 Å². The summed E-state index contributed by atoms with van der Waals surface area (Å²) in [6, 6.07) is 10.4. The molecule has 0 aliphatic carbocycles. The van der Waals surface area contributed by atoms with Crippen LogP contribution in [0.5, 0.6) is 0 Å². The Hall–Kier alpha value is -0.950. The molecule has 0 aliphatic heterocycles. The molecule has 1 aromatic rings. The van der Waals surface area contributed by atoms with Gasteiger partial charge in [0.25, 0.3) is 0 Å². The van der Waals surface area contributed by atoms with Gasteiger partial charge in [-0.2, -0.15) is 0 Å². The van der Waals surface area contributed by atoms with Gasteiger partial charge in [-0.15, -0.1) is 11.8 Å². The molecule has 0 nitrogen and oxygen atoms in total. The summed E-state index contributed by atoms with van der Waals surface area (Å²) >= 11 is 1.77. The van der Waals surface area contributed by atoms with E-state index in [0.29, 0.717) is 0 Å². The molecular weight excluding hydrogens is 236 g/mol. The first-order valence-electron chi connectivity index (χ1n) is 6.72. The number of hydrogen-bond acceptors (Lipinski definition) is 1. The molecule has 0 unspecified atom stereocenters. The van der Waals surface area contributed by atoms with Gasteiger partial charge in [0.05, 0.1) is 0 Å². The Kier molecular flexibility index (Phi) is 17.3.